The molecule has 0 amide bonds. The van der Waals surface area contributed by atoms with E-state index in [0.29, 0.717) is 17.8 Å². The summed E-state index contributed by atoms with van der Waals surface area (Å²) in [4.78, 5) is 5.58. The Morgan fingerprint density at radius 1 is 0.951 bits per heavy atom. The molecule has 0 saturated heterocycles. The standard InChI is InChI=1S/C38H34N2S/c1-24-20-21-28(36-32-15-4-7-19-35(32)41-38(24)36)25-10-8-11-26(22-25)29-16-9-12-27(23-39)37(29)40-33-17-5-2-13-30(33)31-14-3-6-18-34(31)40/h2-3,5-10,12-14,16-19,22,24,26,28,30,33H,4,11,15,20-21H2,1H3. The molecule has 4 aliphatic carbocycles. The number of nitrogens with zero attached hydrogens (tertiary/aromatic N) is 2. The maximum absolute atomic E-state index is 10.4. The van der Waals surface area contributed by atoms with Crippen molar-refractivity contribution in [2.45, 2.75) is 68.7 Å². The van der Waals surface area contributed by atoms with Crippen LogP contribution in [-0.2, 0) is 6.42 Å². The molecule has 3 heteroatoms. The highest BCUT2D eigenvalue weighted by atomic mass is 32.1. The van der Waals surface area contributed by atoms with Gasteiger partial charge in [0.05, 0.1) is 17.3 Å². The van der Waals surface area contributed by atoms with Gasteiger partial charge in [0.15, 0.2) is 0 Å². The molecule has 0 spiro atoms. The second-order valence-electron chi connectivity index (χ2n) is 12.2. The quantitative estimate of drug-likeness (QED) is 0.324. The number of thiophene rings is 1. The van der Waals surface area contributed by atoms with Gasteiger partial charge in [-0.2, -0.15) is 5.26 Å². The maximum atomic E-state index is 10.4. The molecule has 2 heterocycles. The van der Waals surface area contributed by atoms with Gasteiger partial charge in [-0.3, -0.25) is 0 Å². The molecule has 1 aliphatic heterocycles. The van der Waals surface area contributed by atoms with Gasteiger partial charge < -0.3 is 4.90 Å². The third kappa shape index (κ3) is 3.88. The number of hydrogen-bond acceptors (Lipinski definition) is 3. The Balaban J connectivity index is 1.24. The zero-order chi connectivity index (χ0) is 27.5. The van der Waals surface area contributed by atoms with Crippen LogP contribution in [0.15, 0.2) is 96.6 Å². The van der Waals surface area contributed by atoms with Crippen molar-refractivity contribution in [3.05, 3.63) is 134 Å². The molecule has 0 N–H and O–H groups in total. The predicted octanol–water partition coefficient (Wildman–Crippen LogP) is 9.96. The van der Waals surface area contributed by atoms with Crippen LogP contribution >= 0.6 is 11.3 Å². The van der Waals surface area contributed by atoms with E-state index in [9.17, 15) is 5.26 Å². The van der Waals surface area contributed by atoms with Gasteiger partial charge in [0.25, 0.3) is 0 Å². The van der Waals surface area contributed by atoms with Gasteiger partial charge in [-0.05, 0) is 84.1 Å². The van der Waals surface area contributed by atoms with E-state index in [1.54, 1.807) is 16.0 Å². The summed E-state index contributed by atoms with van der Waals surface area (Å²) in [5.74, 6) is 1.66. The lowest BCUT2D eigenvalue weighted by Gasteiger charge is -2.34. The van der Waals surface area contributed by atoms with Crippen molar-refractivity contribution in [2.75, 3.05) is 4.90 Å². The lowest BCUT2D eigenvalue weighted by atomic mass is 9.73. The Hall–Kier alpha value is -3.87. The van der Waals surface area contributed by atoms with E-state index in [1.807, 2.05) is 17.4 Å². The molecule has 5 aliphatic rings. The molecule has 3 aromatic rings. The van der Waals surface area contributed by atoms with E-state index >= 15 is 0 Å². The van der Waals surface area contributed by atoms with Gasteiger partial charge in [0, 0.05) is 33.2 Å². The minimum atomic E-state index is 0.181. The molecule has 41 heavy (non-hydrogen) atoms. The number of allylic oxidation sites excluding steroid dienone is 7. The summed E-state index contributed by atoms with van der Waals surface area (Å²) in [5.41, 5.74) is 10.4. The fourth-order valence-electron chi connectivity index (χ4n) is 8.02. The third-order valence-electron chi connectivity index (χ3n) is 9.91. The SMILES string of the molecule is CC1CCC(C2=CC(c3cccc(C#N)c3N3c4ccccc4C4C=CC=CC43)CC=C2)c2c1sc1c2CCC=C1. The van der Waals surface area contributed by atoms with E-state index in [2.05, 4.69) is 109 Å². The van der Waals surface area contributed by atoms with Gasteiger partial charge in [-0.25, -0.2) is 0 Å². The average Bonchev–Trinajstić information content (AvgIpc) is 3.58. The summed E-state index contributed by atoms with van der Waals surface area (Å²) in [5, 5.41) is 10.4. The highest BCUT2D eigenvalue weighted by Gasteiger charge is 2.40. The van der Waals surface area contributed by atoms with Crippen LogP contribution in [0.2, 0.25) is 0 Å². The smallest absolute Gasteiger partial charge is 0.101 e. The molecule has 2 aromatic carbocycles. The monoisotopic (exact) mass is 550 g/mol. The summed E-state index contributed by atoms with van der Waals surface area (Å²) >= 11 is 2.05. The summed E-state index contributed by atoms with van der Waals surface area (Å²) in [7, 11) is 0. The van der Waals surface area contributed by atoms with Crippen molar-refractivity contribution in [3.63, 3.8) is 0 Å². The Morgan fingerprint density at radius 3 is 2.76 bits per heavy atom. The van der Waals surface area contributed by atoms with Gasteiger partial charge in [0.2, 0.25) is 0 Å². The molecule has 5 atom stereocenters. The number of benzene rings is 2. The number of fused-ring (bicyclic) bond motifs is 6. The summed E-state index contributed by atoms with van der Waals surface area (Å²) in [6.45, 7) is 2.42. The Bertz CT molecular complexity index is 1740. The molecule has 0 saturated carbocycles. The average molecular weight is 551 g/mol. The van der Waals surface area contributed by atoms with E-state index in [1.165, 1.54) is 46.5 Å². The second kappa shape index (κ2) is 9.89. The molecular formula is C38H34N2S. The van der Waals surface area contributed by atoms with Crippen LogP contribution < -0.4 is 4.90 Å². The summed E-state index contributed by atoms with van der Waals surface area (Å²) < 4.78 is 0. The molecule has 0 fully saturated rings. The van der Waals surface area contributed by atoms with Crippen LogP contribution in [0.3, 0.4) is 0 Å². The van der Waals surface area contributed by atoms with Gasteiger partial charge in [-0.1, -0.05) is 85.9 Å². The van der Waals surface area contributed by atoms with Crippen molar-refractivity contribution < 1.29 is 0 Å². The van der Waals surface area contributed by atoms with Crippen LogP contribution in [0.5, 0.6) is 0 Å². The normalized spacial score (nSPS) is 27.1. The highest BCUT2D eigenvalue weighted by molar-refractivity contribution is 7.13. The van der Waals surface area contributed by atoms with Crippen LogP contribution in [0, 0.1) is 11.3 Å². The minimum Gasteiger partial charge on any atom is -0.332 e. The summed E-state index contributed by atoms with van der Waals surface area (Å²) in [6, 6.07) is 17.9. The van der Waals surface area contributed by atoms with Crippen molar-refractivity contribution in [2.24, 2.45) is 0 Å². The largest absolute Gasteiger partial charge is 0.332 e. The molecule has 1 aromatic heterocycles. The maximum Gasteiger partial charge on any atom is 0.101 e. The fourth-order valence-corrected chi connectivity index (χ4v) is 9.46. The first-order chi connectivity index (χ1) is 20.2. The van der Waals surface area contributed by atoms with E-state index in [-0.39, 0.29) is 12.0 Å². The van der Waals surface area contributed by atoms with Gasteiger partial charge >= 0.3 is 0 Å². The van der Waals surface area contributed by atoms with Crippen LogP contribution in [-0.4, -0.2) is 6.04 Å². The number of rotatable bonds is 3. The minimum absolute atomic E-state index is 0.181. The van der Waals surface area contributed by atoms with Crippen LogP contribution in [0.4, 0.5) is 11.4 Å². The van der Waals surface area contributed by atoms with Crippen molar-refractivity contribution in [1.82, 2.24) is 0 Å². The molecule has 2 nitrogen and oxygen atoms in total. The highest BCUT2D eigenvalue weighted by Crippen LogP contribution is 2.53. The van der Waals surface area contributed by atoms with E-state index in [0.717, 1.165) is 24.1 Å². The molecule has 5 unspecified atom stereocenters. The number of hydrogen-bond donors (Lipinski definition) is 0. The van der Waals surface area contributed by atoms with Crippen LogP contribution in [0.1, 0.15) is 93.9 Å². The van der Waals surface area contributed by atoms with Crippen LogP contribution in [0.25, 0.3) is 6.08 Å². The van der Waals surface area contributed by atoms with Gasteiger partial charge in [0.1, 0.15) is 6.07 Å². The molecular weight excluding hydrogens is 516 g/mol. The van der Waals surface area contributed by atoms with Gasteiger partial charge in [-0.15, -0.1) is 11.3 Å². The lowest BCUT2D eigenvalue weighted by Crippen LogP contribution is -2.30. The van der Waals surface area contributed by atoms with E-state index in [4.69, 9.17) is 0 Å². The molecule has 0 bridgehead atoms. The number of anilines is 2. The Kier molecular flexibility index (Phi) is 6.01. The number of nitriles is 1. The second-order valence-corrected chi connectivity index (χ2v) is 13.3. The topological polar surface area (TPSA) is 27.0 Å². The summed E-state index contributed by atoms with van der Waals surface area (Å²) in [6.07, 6.45) is 26.8. The molecule has 202 valence electrons. The first kappa shape index (κ1) is 24.9. The van der Waals surface area contributed by atoms with E-state index < -0.39 is 0 Å². The van der Waals surface area contributed by atoms with Crippen molar-refractivity contribution in [1.29, 1.82) is 5.26 Å². The van der Waals surface area contributed by atoms with Crippen molar-refractivity contribution in [3.8, 4) is 6.07 Å². The van der Waals surface area contributed by atoms with Crippen molar-refractivity contribution >= 4 is 28.8 Å². The molecule has 8 rings (SSSR count). The zero-order valence-corrected chi connectivity index (χ0v) is 24.3. The number of para-hydroxylation sites is 2. The third-order valence-corrected chi connectivity index (χ3v) is 11.4. The lowest BCUT2D eigenvalue weighted by molar-refractivity contribution is 0.547. The first-order valence-corrected chi connectivity index (χ1v) is 16.0. The predicted molar refractivity (Wildman–Crippen MR) is 171 cm³/mol. The zero-order valence-electron chi connectivity index (χ0n) is 23.5. The Morgan fingerprint density at radius 2 is 1.83 bits per heavy atom. The Labute approximate surface area is 247 Å². The first-order valence-electron chi connectivity index (χ1n) is 15.2. The fraction of sp³-hybridized carbons (Fsp3) is 0.289. The molecule has 0 radical (unpaired) electrons.